The minimum absolute atomic E-state index is 0.533. The first-order valence-electron chi connectivity index (χ1n) is 8.94. The van der Waals surface area contributed by atoms with Crippen LogP contribution in [0, 0.1) is 0 Å². The van der Waals surface area contributed by atoms with Gasteiger partial charge in [0.25, 0.3) is 0 Å². The highest BCUT2D eigenvalue weighted by Gasteiger charge is 2.20. The molecule has 0 aliphatic heterocycles. The Kier molecular flexibility index (Phi) is 6.14. The number of ether oxygens (including phenoxy) is 2. The van der Waals surface area contributed by atoms with Crippen LogP contribution in [0.15, 0.2) is 24.3 Å². The van der Waals surface area contributed by atoms with Crippen molar-refractivity contribution in [3.63, 3.8) is 0 Å². The summed E-state index contributed by atoms with van der Waals surface area (Å²) in [4.78, 5) is 0. The lowest BCUT2D eigenvalue weighted by Gasteiger charge is -2.22. The highest BCUT2D eigenvalue weighted by Crippen LogP contribution is 2.35. The average Bonchev–Trinajstić information content (AvgIpc) is 2.68. The van der Waals surface area contributed by atoms with Crippen LogP contribution in [0.5, 0.6) is 11.5 Å². The lowest BCUT2D eigenvalue weighted by molar-refractivity contribution is 0.391. The molecule has 1 fully saturated rings. The fourth-order valence-electron chi connectivity index (χ4n) is 3.58. The second-order valence-corrected chi connectivity index (χ2v) is 6.95. The summed E-state index contributed by atoms with van der Waals surface area (Å²) >= 11 is 6.32. The zero-order valence-corrected chi connectivity index (χ0v) is 15.7. The Hall–Kier alpha value is -1.81. The molecule has 2 aromatic rings. The van der Waals surface area contributed by atoms with Crippen molar-refractivity contribution in [1.82, 2.24) is 10.2 Å². The van der Waals surface area contributed by atoms with Gasteiger partial charge in [-0.1, -0.05) is 36.9 Å². The molecule has 25 heavy (non-hydrogen) atoms. The molecule has 0 radical (unpaired) electrons. The number of nitrogens with zero attached hydrogens (tertiary/aromatic N) is 2. The number of benzene rings is 1. The Labute approximate surface area is 154 Å². The first kappa shape index (κ1) is 18.0. The summed E-state index contributed by atoms with van der Waals surface area (Å²) in [7, 11) is 3.34. The maximum absolute atomic E-state index is 6.32. The maximum atomic E-state index is 6.32. The van der Waals surface area contributed by atoms with Crippen molar-refractivity contribution >= 4 is 11.6 Å². The van der Waals surface area contributed by atoms with Gasteiger partial charge in [0.2, 0.25) is 0 Å². The predicted molar refractivity (Wildman–Crippen MR) is 99.8 cm³/mol. The first-order valence-corrected chi connectivity index (χ1v) is 9.32. The average molecular weight is 361 g/mol. The Morgan fingerprint density at radius 1 is 1.00 bits per heavy atom. The molecule has 1 heterocycles. The second-order valence-electron chi connectivity index (χ2n) is 6.59. The monoisotopic (exact) mass is 360 g/mol. The predicted octanol–water partition coefficient (Wildman–Crippen LogP) is 4.98. The molecule has 4 nitrogen and oxygen atoms in total. The van der Waals surface area contributed by atoms with E-state index < -0.39 is 0 Å². The van der Waals surface area contributed by atoms with Gasteiger partial charge in [0.1, 0.15) is 11.5 Å². The molecule has 0 amide bonds. The molecule has 0 atom stereocenters. The van der Waals surface area contributed by atoms with Crippen LogP contribution in [0.2, 0.25) is 5.15 Å². The van der Waals surface area contributed by atoms with Gasteiger partial charge in [0, 0.05) is 6.07 Å². The number of hydrogen-bond donors (Lipinski definition) is 0. The molecule has 5 heteroatoms. The van der Waals surface area contributed by atoms with Gasteiger partial charge in [-0.3, -0.25) is 0 Å². The Bertz CT molecular complexity index is 715. The third-order valence-corrected chi connectivity index (χ3v) is 5.31. The molecular weight excluding hydrogens is 336 g/mol. The van der Waals surface area contributed by atoms with Crippen LogP contribution in [0.4, 0.5) is 0 Å². The van der Waals surface area contributed by atoms with E-state index in [4.69, 9.17) is 21.1 Å². The van der Waals surface area contributed by atoms with Crippen molar-refractivity contribution in [1.29, 1.82) is 0 Å². The molecule has 1 saturated carbocycles. The van der Waals surface area contributed by atoms with Crippen molar-refractivity contribution < 1.29 is 9.47 Å². The Morgan fingerprint density at radius 3 is 2.52 bits per heavy atom. The zero-order valence-electron chi connectivity index (χ0n) is 14.9. The topological polar surface area (TPSA) is 44.2 Å². The van der Waals surface area contributed by atoms with Gasteiger partial charge in [-0.05, 0) is 54.9 Å². The first-order chi connectivity index (χ1) is 12.2. The van der Waals surface area contributed by atoms with E-state index in [1.165, 1.54) is 37.7 Å². The molecule has 0 unspecified atom stereocenters. The third-order valence-electron chi connectivity index (χ3n) is 5.02. The molecular formula is C20H25ClN2O2. The van der Waals surface area contributed by atoms with Crippen molar-refractivity contribution in [3.05, 3.63) is 46.2 Å². The molecule has 0 N–H and O–H groups in total. The van der Waals surface area contributed by atoms with E-state index in [9.17, 15) is 0 Å². The van der Waals surface area contributed by atoms with Gasteiger partial charge in [-0.2, -0.15) is 5.10 Å². The maximum Gasteiger partial charge on any atom is 0.155 e. The highest BCUT2D eigenvalue weighted by molar-refractivity contribution is 6.30. The van der Waals surface area contributed by atoms with Crippen molar-refractivity contribution in [2.24, 2.45) is 0 Å². The van der Waals surface area contributed by atoms with Crippen LogP contribution in [0.3, 0.4) is 0 Å². The summed E-state index contributed by atoms with van der Waals surface area (Å²) in [6, 6.07) is 8.07. The van der Waals surface area contributed by atoms with Gasteiger partial charge in [-0.25, -0.2) is 0 Å². The summed E-state index contributed by atoms with van der Waals surface area (Å²) < 4.78 is 10.7. The van der Waals surface area contributed by atoms with Gasteiger partial charge in [0.15, 0.2) is 5.15 Å². The summed E-state index contributed by atoms with van der Waals surface area (Å²) in [5.41, 5.74) is 3.30. The van der Waals surface area contributed by atoms with E-state index in [2.05, 4.69) is 16.3 Å². The van der Waals surface area contributed by atoms with E-state index in [-0.39, 0.29) is 0 Å². The number of halogens is 1. The molecule has 134 valence electrons. The molecule has 1 aliphatic rings. The van der Waals surface area contributed by atoms with E-state index in [0.717, 1.165) is 35.6 Å². The molecule has 3 rings (SSSR count). The van der Waals surface area contributed by atoms with Crippen LogP contribution < -0.4 is 9.47 Å². The second kappa shape index (κ2) is 8.52. The molecule has 0 bridgehead atoms. The fourth-order valence-corrected chi connectivity index (χ4v) is 3.82. The smallest absolute Gasteiger partial charge is 0.155 e. The largest absolute Gasteiger partial charge is 0.497 e. The van der Waals surface area contributed by atoms with E-state index in [0.29, 0.717) is 11.1 Å². The summed E-state index contributed by atoms with van der Waals surface area (Å²) in [6.45, 7) is 0. The van der Waals surface area contributed by atoms with Gasteiger partial charge < -0.3 is 9.47 Å². The van der Waals surface area contributed by atoms with Crippen LogP contribution in [-0.4, -0.2) is 24.4 Å². The number of aryl methyl sites for hydroxylation is 2. The Balaban J connectivity index is 1.73. The molecule has 1 aromatic carbocycles. The van der Waals surface area contributed by atoms with Crippen molar-refractivity contribution in [2.75, 3.05) is 14.2 Å². The van der Waals surface area contributed by atoms with Crippen molar-refractivity contribution in [3.8, 4) is 11.5 Å². The standard InChI is InChI=1S/C20H25ClN2O2/c1-24-17-11-9-15(19(13-17)25-2)8-10-16-12-18(20(21)23-22-16)14-6-4-3-5-7-14/h9,11-14H,3-8,10H2,1-2H3. The minimum Gasteiger partial charge on any atom is -0.497 e. The summed E-state index contributed by atoms with van der Waals surface area (Å²) in [5.74, 6) is 2.17. The zero-order chi connectivity index (χ0) is 17.6. The lowest BCUT2D eigenvalue weighted by Crippen LogP contribution is -2.08. The number of rotatable bonds is 6. The van der Waals surface area contributed by atoms with Crippen LogP contribution in [0.25, 0.3) is 0 Å². The quantitative estimate of drug-likeness (QED) is 0.728. The van der Waals surface area contributed by atoms with E-state index in [1.54, 1.807) is 14.2 Å². The van der Waals surface area contributed by atoms with Gasteiger partial charge >= 0.3 is 0 Å². The van der Waals surface area contributed by atoms with Crippen LogP contribution >= 0.6 is 11.6 Å². The summed E-state index contributed by atoms with van der Waals surface area (Å²) in [6.07, 6.45) is 7.95. The number of methoxy groups -OCH3 is 2. The van der Waals surface area contributed by atoms with Crippen molar-refractivity contribution in [2.45, 2.75) is 50.9 Å². The molecule has 1 aliphatic carbocycles. The third kappa shape index (κ3) is 4.43. The molecule has 1 aromatic heterocycles. The normalized spacial score (nSPS) is 15.2. The van der Waals surface area contributed by atoms with Gasteiger partial charge in [0.05, 0.1) is 19.9 Å². The highest BCUT2D eigenvalue weighted by atomic mass is 35.5. The van der Waals surface area contributed by atoms with Gasteiger partial charge in [-0.15, -0.1) is 5.10 Å². The molecule has 0 spiro atoms. The van der Waals surface area contributed by atoms with E-state index >= 15 is 0 Å². The molecule has 0 saturated heterocycles. The Morgan fingerprint density at radius 2 is 1.80 bits per heavy atom. The summed E-state index contributed by atoms with van der Waals surface area (Å²) in [5, 5.41) is 9.06. The SMILES string of the molecule is COc1ccc(CCc2cc(C3CCCCC3)c(Cl)nn2)c(OC)c1. The van der Waals surface area contributed by atoms with Crippen LogP contribution in [0.1, 0.15) is 54.8 Å². The van der Waals surface area contributed by atoms with Crippen LogP contribution in [-0.2, 0) is 12.8 Å². The van der Waals surface area contributed by atoms with E-state index in [1.807, 2.05) is 18.2 Å². The lowest BCUT2D eigenvalue weighted by atomic mass is 9.84. The minimum atomic E-state index is 0.533. The fraction of sp³-hybridized carbons (Fsp3) is 0.500. The number of aromatic nitrogens is 2. The number of hydrogen-bond acceptors (Lipinski definition) is 4.